The SMILES string of the molecule is O=C(CNCC1(O)CCOC1)N1CCCC1. The summed E-state index contributed by atoms with van der Waals surface area (Å²) >= 11 is 0. The number of aliphatic hydroxyl groups is 1. The zero-order valence-corrected chi connectivity index (χ0v) is 9.57. The number of amides is 1. The van der Waals surface area contributed by atoms with Crippen molar-refractivity contribution in [1.29, 1.82) is 0 Å². The number of nitrogens with zero attached hydrogens (tertiary/aromatic N) is 1. The van der Waals surface area contributed by atoms with Gasteiger partial charge in [-0.3, -0.25) is 4.79 Å². The molecular weight excluding hydrogens is 208 g/mol. The molecule has 2 N–H and O–H groups in total. The highest BCUT2D eigenvalue weighted by atomic mass is 16.5. The maximum absolute atomic E-state index is 11.7. The Morgan fingerprint density at radius 2 is 2.19 bits per heavy atom. The first-order valence-corrected chi connectivity index (χ1v) is 5.98. The fourth-order valence-electron chi connectivity index (χ4n) is 2.22. The number of ether oxygens (including phenoxy) is 1. The third-order valence-corrected chi connectivity index (χ3v) is 3.27. The summed E-state index contributed by atoms with van der Waals surface area (Å²) < 4.78 is 5.13. The van der Waals surface area contributed by atoms with Gasteiger partial charge in [-0.15, -0.1) is 0 Å². The molecule has 0 aromatic heterocycles. The van der Waals surface area contributed by atoms with Crippen LogP contribution in [0.3, 0.4) is 0 Å². The second-order valence-corrected chi connectivity index (χ2v) is 4.72. The van der Waals surface area contributed by atoms with Crippen LogP contribution in [0.4, 0.5) is 0 Å². The molecule has 0 spiro atoms. The van der Waals surface area contributed by atoms with Gasteiger partial charge in [0.2, 0.25) is 5.91 Å². The summed E-state index contributed by atoms with van der Waals surface area (Å²) in [6, 6.07) is 0. The standard InChI is InChI=1S/C11H20N2O3/c14-10(13-4-1-2-5-13)7-12-8-11(15)3-6-16-9-11/h12,15H,1-9H2. The van der Waals surface area contributed by atoms with E-state index in [9.17, 15) is 9.90 Å². The molecule has 1 amide bonds. The molecule has 2 rings (SSSR count). The van der Waals surface area contributed by atoms with E-state index in [4.69, 9.17) is 4.74 Å². The van der Waals surface area contributed by atoms with Gasteiger partial charge in [0.05, 0.1) is 13.2 Å². The van der Waals surface area contributed by atoms with E-state index < -0.39 is 5.60 Å². The summed E-state index contributed by atoms with van der Waals surface area (Å²) in [5.74, 6) is 0.139. The van der Waals surface area contributed by atoms with Crippen LogP contribution in [0.25, 0.3) is 0 Å². The smallest absolute Gasteiger partial charge is 0.236 e. The molecule has 2 heterocycles. The normalized spacial score (nSPS) is 29.9. The van der Waals surface area contributed by atoms with Gasteiger partial charge in [-0.25, -0.2) is 0 Å². The predicted molar refractivity (Wildman–Crippen MR) is 59.1 cm³/mol. The van der Waals surface area contributed by atoms with Gasteiger partial charge >= 0.3 is 0 Å². The monoisotopic (exact) mass is 228 g/mol. The van der Waals surface area contributed by atoms with Crippen molar-refractivity contribution in [2.45, 2.75) is 24.9 Å². The minimum Gasteiger partial charge on any atom is -0.386 e. The van der Waals surface area contributed by atoms with Crippen molar-refractivity contribution in [1.82, 2.24) is 10.2 Å². The Hall–Kier alpha value is -0.650. The second-order valence-electron chi connectivity index (χ2n) is 4.72. The first kappa shape index (κ1) is 11.8. The minimum atomic E-state index is -0.773. The average molecular weight is 228 g/mol. The minimum absolute atomic E-state index is 0.139. The first-order chi connectivity index (χ1) is 7.70. The Balaban J connectivity index is 1.65. The summed E-state index contributed by atoms with van der Waals surface area (Å²) in [5.41, 5.74) is -0.773. The molecule has 0 saturated carbocycles. The highest BCUT2D eigenvalue weighted by Gasteiger charge is 2.32. The fraction of sp³-hybridized carbons (Fsp3) is 0.909. The molecule has 2 aliphatic heterocycles. The number of nitrogens with one attached hydrogen (secondary N) is 1. The maximum Gasteiger partial charge on any atom is 0.236 e. The van der Waals surface area contributed by atoms with Crippen LogP contribution in [0.5, 0.6) is 0 Å². The molecule has 16 heavy (non-hydrogen) atoms. The molecule has 1 atom stereocenters. The third kappa shape index (κ3) is 2.93. The zero-order chi connectivity index (χ0) is 11.4. The highest BCUT2D eigenvalue weighted by Crippen LogP contribution is 2.16. The van der Waals surface area contributed by atoms with E-state index in [-0.39, 0.29) is 5.91 Å². The molecule has 1 unspecified atom stereocenters. The van der Waals surface area contributed by atoms with Gasteiger partial charge in [0.25, 0.3) is 0 Å². The fourth-order valence-corrected chi connectivity index (χ4v) is 2.22. The van der Waals surface area contributed by atoms with Crippen molar-refractivity contribution < 1.29 is 14.6 Å². The van der Waals surface area contributed by atoms with Crippen LogP contribution in [-0.4, -0.2) is 60.9 Å². The van der Waals surface area contributed by atoms with E-state index in [0.717, 1.165) is 25.9 Å². The van der Waals surface area contributed by atoms with Gasteiger partial charge < -0.3 is 20.1 Å². The van der Waals surface area contributed by atoms with Crippen LogP contribution in [0, 0.1) is 0 Å². The lowest BCUT2D eigenvalue weighted by molar-refractivity contribution is -0.129. The van der Waals surface area contributed by atoms with Crippen molar-refractivity contribution in [3.05, 3.63) is 0 Å². The lowest BCUT2D eigenvalue weighted by Crippen LogP contribution is -2.45. The van der Waals surface area contributed by atoms with Gasteiger partial charge in [0, 0.05) is 32.7 Å². The second kappa shape index (κ2) is 5.12. The summed E-state index contributed by atoms with van der Waals surface area (Å²) in [5, 5.41) is 13.0. The van der Waals surface area contributed by atoms with Crippen molar-refractivity contribution in [3.63, 3.8) is 0 Å². The molecule has 92 valence electrons. The average Bonchev–Trinajstić information content (AvgIpc) is 2.88. The Morgan fingerprint density at radius 1 is 1.44 bits per heavy atom. The summed E-state index contributed by atoms with van der Waals surface area (Å²) in [4.78, 5) is 13.6. The third-order valence-electron chi connectivity index (χ3n) is 3.27. The molecule has 2 fully saturated rings. The summed E-state index contributed by atoms with van der Waals surface area (Å²) in [6.07, 6.45) is 2.88. The van der Waals surface area contributed by atoms with Crippen LogP contribution < -0.4 is 5.32 Å². The number of hydrogen-bond donors (Lipinski definition) is 2. The van der Waals surface area contributed by atoms with E-state index in [0.29, 0.717) is 32.7 Å². The molecule has 0 aromatic rings. The molecule has 2 aliphatic rings. The molecule has 0 radical (unpaired) electrons. The van der Waals surface area contributed by atoms with Gasteiger partial charge in [0.1, 0.15) is 5.60 Å². The molecule has 0 aromatic carbocycles. The topological polar surface area (TPSA) is 61.8 Å². The Labute approximate surface area is 95.8 Å². The van der Waals surface area contributed by atoms with Gasteiger partial charge in [0.15, 0.2) is 0 Å². The lowest BCUT2D eigenvalue weighted by Gasteiger charge is -2.22. The molecular formula is C11H20N2O3. The van der Waals surface area contributed by atoms with E-state index in [1.54, 1.807) is 0 Å². The zero-order valence-electron chi connectivity index (χ0n) is 9.57. The number of likely N-dealkylation sites (tertiary alicyclic amines) is 1. The Morgan fingerprint density at radius 3 is 2.81 bits per heavy atom. The van der Waals surface area contributed by atoms with Gasteiger partial charge in [-0.05, 0) is 12.8 Å². The van der Waals surface area contributed by atoms with Gasteiger partial charge in [-0.1, -0.05) is 0 Å². The first-order valence-electron chi connectivity index (χ1n) is 5.98. The van der Waals surface area contributed by atoms with Crippen LogP contribution in [-0.2, 0) is 9.53 Å². The molecule has 0 aliphatic carbocycles. The van der Waals surface area contributed by atoms with Crippen LogP contribution in [0.15, 0.2) is 0 Å². The van der Waals surface area contributed by atoms with Crippen molar-refractivity contribution >= 4 is 5.91 Å². The predicted octanol–water partition coefficient (Wildman–Crippen LogP) is -0.650. The van der Waals surface area contributed by atoms with Gasteiger partial charge in [-0.2, -0.15) is 0 Å². The van der Waals surface area contributed by atoms with Crippen molar-refractivity contribution in [2.24, 2.45) is 0 Å². The quantitative estimate of drug-likeness (QED) is 0.671. The molecule has 5 nitrogen and oxygen atoms in total. The highest BCUT2D eigenvalue weighted by molar-refractivity contribution is 5.78. The largest absolute Gasteiger partial charge is 0.386 e. The number of carbonyl (C=O) groups excluding carboxylic acids is 1. The summed E-state index contributed by atoms with van der Waals surface area (Å²) in [7, 11) is 0. The van der Waals surface area contributed by atoms with Crippen molar-refractivity contribution in [3.8, 4) is 0 Å². The lowest BCUT2D eigenvalue weighted by atomic mass is 10.0. The number of hydrogen-bond acceptors (Lipinski definition) is 4. The van der Waals surface area contributed by atoms with E-state index in [1.807, 2.05) is 4.90 Å². The molecule has 0 bridgehead atoms. The maximum atomic E-state index is 11.7. The number of rotatable bonds is 4. The van der Waals surface area contributed by atoms with Crippen LogP contribution >= 0.6 is 0 Å². The van der Waals surface area contributed by atoms with Crippen molar-refractivity contribution in [2.75, 3.05) is 39.4 Å². The molecule has 2 saturated heterocycles. The van der Waals surface area contributed by atoms with Crippen LogP contribution in [0.1, 0.15) is 19.3 Å². The van der Waals surface area contributed by atoms with Crippen LogP contribution in [0.2, 0.25) is 0 Å². The Kier molecular flexibility index (Phi) is 3.78. The molecule has 5 heteroatoms. The van der Waals surface area contributed by atoms with E-state index >= 15 is 0 Å². The summed E-state index contributed by atoms with van der Waals surface area (Å²) in [6.45, 7) is 3.51. The van der Waals surface area contributed by atoms with E-state index in [2.05, 4.69) is 5.32 Å². The number of carbonyl (C=O) groups is 1. The Bertz CT molecular complexity index is 246. The van der Waals surface area contributed by atoms with E-state index in [1.165, 1.54) is 0 Å².